The third kappa shape index (κ3) is 23.4. The van der Waals surface area contributed by atoms with Crippen LogP contribution in [0.4, 0.5) is 53.0 Å². The van der Waals surface area contributed by atoms with Gasteiger partial charge in [0.05, 0.1) is 30.4 Å². The number of alkyl halides is 6. The van der Waals surface area contributed by atoms with Gasteiger partial charge in [0.2, 0.25) is 17.5 Å². The van der Waals surface area contributed by atoms with Gasteiger partial charge in [-0.15, -0.1) is 12.4 Å². The minimum atomic E-state index is -3.05. The summed E-state index contributed by atoms with van der Waals surface area (Å²) in [6.45, 7) is 15.3. The second-order valence-electron chi connectivity index (χ2n) is 28.8. The predicted molar refractivity (Wildman–Crippen MR) is 431 cm³/mol. The minimum absolute atomic E-state index is 0. The molecule has 0 saturated heterocycles. The number of anilines is 3. The molecule has 0 unspecified atom stereocenters. The quantitative estimate of drug-likeness (QED) is 0.0114. The molecule has 0 atom stereocenters. The zero-order valence-electron chi connectivity index (χ0n) is 62.5. The van der Waals surface area contributed by atoms with Crippen molar-refractivity contribution in [2.45, 2.75) is 176 Å². The molecule has 3 aliphatic carbocycles. The van der Waals surface area contributed by atoms with Crippen LogP contribution in [0, 0.1) is 26.3 Å². The molecule has 11 aromatic rings. The molecule has 0 bridgehead atoms. The van der Waals surface area contributed by atoms with Gasteiger partial charge in [-0.1, -0.05) is 104 Å². The van der Waals surface area contributed by atoms with Crippen molar-refractivity contribution in [2.75, 3.05) is 16.0 Å². The van der Waals surface area contributed by atoms with Crippen LogP contribution >= 0.6 is 24.2 Å². The molecule has 3 saturated carbocycles. The number of amides is 5. The summed E-state index contributed by atoms with van der Waals surface area (Å²) < 4.78 is 108. The van der Waals surface area contributed by atoms with Gasteiger partial charge in [0.25, 0.3) is 41.4 Å². The Morgan fingerprint density at radius 3 is 1.28 bits per heavy atom. The van der Waals surface area contributed by atoms with Gasteiger partial charge in [-0.3, -0.25) is 27.6 Å². The first-order chi connectivity index (χ1) is 53.5. The van der Waals surface area contributed by atoms with E-state index in [2.05, 4.69) is 88.5 Å². The molecule has 5 amide bonds. The zero-order valence-corrected chi connectivity index (χ0v) is 64.1. The van der Waals surface area contributed by atoms with E-state index >= 15 is 0 Å². The average Bonchev–Trinajstić information content (AvgIpc) is 1.88. The first kappa shape index (κ1) is 96.6. The zero-order chi connectivity index (χ0) is 83.1. The van der Waals surface area contributed by atoms with Gasteiger partial charge in [0, 0.05) is 90.9 Å². The van der Waals surface area contributed by atoms with Crippen LogP contribution in [0.2, 0.25) is 0 Å². The maximum Gasteiger partial charge on any atom is 0.408 e. The van der Waals surface area contributed by atoms with Crippen LogP contribution in [-0.4, -0.2) is 135 Å². The van der Waals surface area contributed by atoms with Gasteiger partial charge < -0.3 is 66.9 Å². The Labute approximate surface area is 689 Å². The van der Waals surface area contributed by atoms with Gasteiger partial charge in [-0.25, -0.2) is 55.7 Å². The van der Waals surface area contributed by atoms with Crippen molar-refractivity contribution >= 4 is 99.9 Å². The van der Waals surface area contributed by atoms with Crippen LogP contribution in [0.5, 0.6) is 0 Å². The Kier molecular flexibility index (Phi) is 31.2. The highest BCUT2D eigenvalue weighted by molar-refractivity contribution is 6.14. The summed E-state index contributed by atoms with van der Waals surface area (Å²) in [7, 11) is 0. The molecular weight excluding hydrogens is 1610 g/mol. The smallest absolute Gasteiger partial charge is 0.408 e. The number of carboxylic acids is 1. The van der Waals surface area contributed by atoms with E-state index in [1.54, 1.807) is 146 Å². The van der Waals surface area contributed by atoms with Gasteiger partial charge in [0.15, 0.2) is 11.4 Å². The van der Waals surface area contributed by atoms with Crippen molar-refractivity contribution in [3.8, 4) is 22.8 Å². The van der Waals surface area contributed by atoms with E-state index in [1.807, 2.05) is 62.5 Å². The van der Waals surface area contributed by atoms with E-state index in [0.717, 1.165) is 16.7 Å². The average molecular weight is 1700 g/mol. The molecule has 3 aliphatic rings. The molecule has 638 valence electrons. The lowest BCUT2D eigenvalue weighted by Crippen LogP contribution is -2.67. The number of fused-ring (bicyclic) bond motifs is 3. The van der Waals surface area contributed by atoms with Crippen molar-refractivity contribution < 1.29 is 83.9 Å². The first-order valence-electron chi connectivity index (χ1n) is 34.3. The number of ether oxygens (including phenoxy) is 2. The maximum atomic E-state index is 13.9. The molecule has 8 aromatic heterocycles. The number of carboxylic acid groups (broad SMARTS) is 1. The number of nitrogens with one attached hydrogen (secondary N) is 6. The van der Waals surface area contributed by atoms with Crippen molar-refractivity contribution in [3.63, 3.8) is 0 Å². The van der Waals surface area contributed by atoms with Gasteiger partial charge in [-0.05, 0) is 144 Å². The maximum absolute atomic E-state index is 13.9. The largest absolute Gasteiger partial charge is 0.479 e. The summed E-state index contributed by atoms with van der Waals surface area (Å²) in [5.41, 5.74) is 19.9. The summed E-state index contributed by atoms with van der Waals surface area (Å²) in [4.78, 5) is 94.1. The lowest BCUT2D eigenvalue weighted by Gasteiger charge is -2.44. The van der Waals surface area contributed by atoms with Crippen LogP contribution in [-0.2, 0) is 25.3 Å². The Morgan fingerprint density at radius 1 is 0.555 bits per heavy atom. The van der Waals surface area contributed by atoms with Crippen LogP contribution in [0.1, 0.15) is 175 Å². The highest BCUT2D eigenvalue weighted by Crippen LogP contribution is 2.52. The molecule has 119 heavy (non-hydrogen) atoms. The normalized spacial score (nSPS) is 15.2. The lowest BCUT2D eigenvalue weighted by molar-refractivity contribution is -0.176. The van der Waals surface area contributed by atoms with Crippen LogP contribution in [0.3, 0.4) is 0 Å². The molecule has 0 spiro atoms. The van der Waals surface area contributed by atoms with E-state index < -0.39 is 102 Å². The second-order valence-corrected chi connectivity index (χ2v) is 28.9. The number of halogens is 8. The fraction of sp³-hybridized carbons (Fsp3) is 0.351. The number of nitrogens with two attached hydrogens (primary N) is 2. The summed E-state index contributed by atoms with van der Waals surface area (Å²) in [6.07, 6.45) is 3.65. The number of amidine groups is 1. The molecule has 34 nitrogen and oxygen atoms in total. The number of oxime groups is 1. The third-order valence-electron chi connectivity index (χ3n) is 17.4. The van der Waals surface area contributed by atoms with E-state index in [9.17, 15) is 55.1 Å². The molecule has 12 N–H and O–H groups in total. The Morgan fingerprint density at radius 2 is 0.924 bits per heavy atom. The summed E-state index contributed by atoms with van der Waals surface area (Å²) in [6, 6.07) is 31.9. The number of pyridine rings is 3. The molecule has 0 radical (unpaired) electrons. The van der Waals surface area contributed by atoms with Crippen molar-refractivity contribution in [2.24, 2.45) is 31.7 Å². The van der Waals surface area contributed by atoms with Crippen LogP contribution < -0.4 is 38.1 Å². The van der Waals surface area contributed by atoms with E-state index in [1.165, 1.54) is 18.6 Å². The first-order valence-corrected chi connectivity index (χ1v) is 34.6. The summed E-state index contributed by atoms with van der Waals surface area (Å²) in [5.74, 6) is -11.2. The number of alkyl carbamates (subject to hydrolysis) is 2. The lowest BCUT2D eigenvalue weighted by atomic mass is 9.73. The number of benzene rings is 3. The second kappa shape index (κ2) is 38.4. The van der Waals surface area contributed by atoms with E-state index in [0.29, 0.717) is 67.8 Å². The van der Waals surface area contributed by atoms with Gasteiger partial charge >= 0.3 is 18.2 Å². The third-order valence-corrected chi connectivity index (χ3v) is 17.4. The number of aryl methyl sites for hydroxylation is 3. The fourth-order valence-corrected chi connectivity index (χ4v) is 12.0. The molecule has 8 heterocycles. The molecule has 42 heteroatoms. The number of aliphatic carboxylic acids is 1. The number of hydrogen-bond acceptors (Lipinski definition) is 22. The highest BCUT2D eigenvalue weighted by atomic mass is 35.5. The number of imidazole rings is 3. The van der Waals surface area contributed by atoms with Crippen LogP contribution in [0.25, 0.3) is 39.7 Å². The van der Waals surface area contributed by atoms with Crippen molar-refractivity contribution in [1.29, 1.82) is 5.53 Å². The highest BCUT2D eigenvalue weighted by Gasteiger charge is 2.64. The van der Waals surface area contributed by atoms with Gasteiger partial charge in [-0.2, -0.15) is 15.5 Å². The molecule has 14 rings (SSSR count). The number of aromatic nitrogens is 10. The van der Waals surface area contributed by atoms with E-state index in [-0.39, 0.29) is 89.1 Å². The summed E-state index contributed by atoms with van der Waals surface area (Å²) in [5, 5.41) is 46.6. The fourth-order valence-electron chi connectivity index (χ4n) is 12.0. The Balaban J connectivity index is 0.000000283. The number of nitrogens with zero attached hydrogens (tertiary/aromatic N) is 14. The number of carbonyl (C=O) groups is 6. The van der Waals surface area contributed by atoms with Crippen LogP contribution in [0.15, 0.2) is 176 Å². The molecule has 0 aliphatic heterocycles. The molecule has 3 fully saturated rings. The number of rotatable bonds is 15. The standard InChI is InChI=1S/C26H26F2N6O4.C21H18F2N6O2.C16H15N5O2.C10H15F2NO4.4CH4.ClHN4.ClH/c1-15-8-9-16(11-17(15)30-21(35)18-12-29-19-7-5-6-10-34(18)19)20-31-22(38-33-20)25(13-26(27,28)14-25)32-23(36)37-24(2,3)4;1-12-5-6-13(17-27-19(31-28-17)20(24)10-21(22,23)11-20)8-14(12)26-18(30)15-9-25-16-4-2-3-7-29(15)16;1-10-5-6-11(15(17)20-23)8-12(10)19-16(22)13-9-18-14-4-2-3-7-21(13)14;1-8(2,3)17-7(16)13-9(6(14)15)4-10(11,12)5-9;;;;;1-3-5-4-2;/h5-12H,13-14H2,1-4H3,(H,30,35)(H,32,36);2-9H,10-11,24H2,1H3,(H,26,30);2-9,23H,1H3,(H2,17,20)(H,19,22);4-5H2,1-3H3,(H,13,16)(H,14,15);4*1H4;2H;1H. The summed E-state index contributed by atoms with van der Waals surface area (Å²) >= 11 is 4.55. The Hall–Kier alpha value is -13.0. The van der Waals surface area contributed by atoms with Gasteiger partial charge in [0.1, 0.15) is 56.3 Å². The Bertz CT molecular complexity index is 5500. The molecular formula is C77H92Cl2F6N22O12. The van der Waals surface area contributed by atoms with E-state index in [4.69, 9.17) is 45.8 Å². The SMILES string of the molecule is C.C.C.C.CC(C)(C)OC(=O)NC1(C(=O)O)CC(F)(F)C1.Cc1ccc(-c2noc(C3(N)CC(F)(F)C3)n2)cc1NC(=O)c1cnc2ccccn12.Cc1ccc(-c2noc(C3(NC(=O)OC(C)(C)C)CC(F)(F)C3)n2)cc1NC(=O)c1cnc2ccccn12.Cc1ccc(/C(N)=N/O)cc1NC(=O)c1cnc2ccccn12.Cl.N=NN=NCl. The topological polar surface area (TPSA) is 477 Å². The molecule has 3 aromatic carbocycles. The predicted octanol–water partition coefficient (Wildman–Crippen LogP) is 16.9. The number of hydrogen-bond donors (Lipinski definition) is 10. The monoisotopic (exact) mass is 1700 g/mol. The van der Waals surface area contributed by atoms with Crippen molar-refractivity contribution in [3.05, 3.63) is 197 Å². The minimum Gasteiger partial charge on any atom is -0.479 e. The number of carbonyl (C=O) groups excluding carboxylic acids is 5. The van der Waals surface area contributed by atoms with Crippen molar-refractivity contribution in [1.82, 2.24) is 59.1 Å².